The molecule has 2 heterocycles. The van der Waals surface area contributed by atoms with Crippen LogP contribution in [0.1, 0.15) is 46.5 Å². The lowest BCUT2D eigenvalue weighted by molar-refractivity contribution is -0.155. The topological polar surface area (TPSA) is 55.3 Å². The van der Waals surface area contributed by atoms with Gasteiger partial charge in [-0.25, -0.2) is 9.97 Å². The van der Waals surface area contributed by atoms with E-state index >= 15 is 0 Å². The predicted molar refractivity (Wildman–Crippen MR) is 77.4 cm³/mol. The van der Waals surface area contributed by atoms with Crippen LogP contribution < -0.4 is 4.90 Å². The van der Waals surface area contributed by atoms with Crippen molar-refractivity contribution in [1.82, 2.24) is 9.97 Å². The Morgan fingerprint density at radius 3 is 2.86 bits per heavy atom. The van der Waals surface area contributed by atoms with E-state index in [2.05, 4.69) is 9.97 Å². The summed E-state index contributed by atoms with van der Waals surface area (Å²) in [5.41, 5.74) is -0.488. The van der Waals surface area contributed by atoms with Crippen molar-refractivity contribution in [2.24, 2.45) is 0 Å². The molecule has 1 atom stereocenters. The van der Waals surface area contributed by atoms with Gasteiger partial charge in [0.25, 0.3) is 0 Å². The summed E-state index contributed by atoms with van der Waals surface area (Å²) in [6.45, 7) is 6.32. The molecule has 0 spiro atoms. The summed E-state index contributed by atoms with van der Waals surface area (Å²) in [5, 5.41) is 0. The Balaban J connectivity index is 2.07. The first-order chi connectivity index (χ1) is 9.85. The van der Waals surface area contributed by atoms with Gasteiger partial charge in [0.15, 0.2) is 0 Å². The van der Waals surface area contributed by atoms with Gasteiger partial charge in [-0.3, -0.25) is 4.79 Å². The molecule has 1 aliphatic rings. The van der Waals surface area contributed by atoms with Crippen LogP contribution in [-0.4, -0.2) is 34.1 Å². The van der Waals surface area contributed by atoms with Gasteiger partial charge in [0.05, 0.1) is 6.42 Å². The van der Waals surface area contributed by atoms with Crippen LogP contribution in [0.15, 0.2) is 12.4 Å². The third kappa shape index (κ3) is 4.65. The Bertz CT molecular complexity index is 502. The number of piperidine rings is 1. The number of carbonyl (C=O) groups excluding carboxylic acids is 1. The summed E-state index contributed by atoms with van der Waals surface area (Å²) in [4.78, 5) is 21.6. The molecular formula is C15H22FN3O2. The highest BCUT2D eigenvalue weighted by Gasteiger charge is 2.28. The van der Waals surface area contributed by atoms with Gasteiger partial charge < -0.3 is 9.64 Å². The first-order valence-corrected chi connectivity index (χ1v) is 7.31. The van der Waals surface area contributed by atoms with Crippen molar-refractivity contribution in [2.45, 2.75) is 58.1 Å². The van der Waals surface area contributed by atoms with Gasteiger partial charge in [0, 0.05) is 18.7 Å². The maximum Gasteiger partial charge on any atom is 0.308 e. The third-order valence-electron chi connectivity index (χ3n) is 3.36. The Kier molecular flexibility index (Phi) is 4.75. The number of nitrogens with zero attached hydrogens (tertiary/aromatic N) is 3. The maximum absolute atomic E-state index is 13.3. The van der Waals surface area contributed by atoms with E-state index in [9.17, 15) is 9.18 Å². The molecule has 1 aliphatic heterocycles. The number of ether oxygens (including phenoxy) is 1. The summed E-state index contributed by atoms with van der Waals surface area (Å²) < 4.78 is 18.6. The summed E-state index contributed by atoms with van der Waals surface area (Å²) in [5.74, 6) is -0.244. The van der Waals surface area contributed by atoms with Crippen LogP contribution in [0, 0.1) is 5.95 Å². The fraction of sp³-hybridized carbons (Fsp3) is 0.667. The zero-order chi connectivity index (χ0) is 15.5. The molecule has 0 amide bonds. The molecule has 0 aromatic carbocycles. The molecule has 0 N–H and O–H groups in total. The van der Waals surface area contributed by atoms with Crippen molar-refractivity contribution in [3.8, 4) is 0 Å². The van der Waals surface area contributed by atoms with E-state index in [0.717, 1.165) is 25.8 Å². The van der Waals surface area contributed by atoms with Gasteiger partial charge in [0.2, 0.25) is 5.95 Å². The molecule has 1 fully saturated rings. The minimum atomic E-state index is -0.554. The smallest absolute Gasteiger partial charge is 0.308 e. The van der Waals surface area contributed by atoms with Crippen molar-refractivity contribution in [2.75, 3.05) is 11.4 Å². The van der Waals surface area contributed by atoms with Crippen molar-refractivity contribution in [1.29, 1.82) is 0 Å². The maximum atomic E-state index is 13.3. The van der Waals surface area contributed by atoms with Crippen LogP contribution in [0.5, 0.6) is 0 Å². The molecule has 6 heteroatoms. The highest BCUT2D eigenvalue weighted by Crippen LogP contribution is 2.26. The van der Waals surface area contributed by atoms with Gasteiger partial charge in [-0.05, 0) is 40.0 Å². The van der Waals surface area contributed by atoms with Crippen LogP contribution in [0.3, 0.4) is 0 Å². The van der Waals surface area contributed by atoms with E-state index in [0.29, 0.717) is 12.2 Å². The molecule has 2 rings (SSSR count). The number of anilines is 1. The van der Waals surface area contributed by atoms with E-state index < -0.39 is 11.5 Å². The van der Waals surface area contributed by atoms with Crippen LogP contribution in [0.2, 0.25) is 0 Å². The predicted octanol–water partition coefficient (Wildman–Crippen LogP) is 2.71. The van der Waals surface area contributed by atoms with Gasteiger partial charge in [-0.1, -0.05) is 0 Å². The number of hydrogen-bond acceptors (Lipinski definition) is 5. The lowest BCUT2D eigenvalue weighted by Crippen LogP contribution is -2.42. The van der Waals surface area contributed by atoms with E-state index in [-0.39, 0.29) is 12.0 Å². The van der Waals surface area contributed by atoms with Crippen LogP contribution in [-0.2, 0) is 9.53 Å². The number of rotatable bonds is 3. The SMILES string of the molecule is CC(C)(C)OC(=O)C[C@@H]1CCCCN1c1cc(F)ncn1. The second kappa shape index (κ2) is 6.37. The van der Waals surface area contributed by atoms with Crippen molar-refractivity contribution in [3.63, 3.8) is 0 Å². The van der Waals surface area contributed by atoms with E-state index in [1.807, 2.05) is 25.7 Å². The quantitative estimate of drug-likeness (QED) is 0.634. The standard InChI is InChI=1S/C15H22FN3O2/c1-15(2,3)21-14(20)8-11-6-4-5-7-19(11)13-9-12(16)17-10-18-13/h9-11H,4-8H2,1-3H3/t11-/m0/s1. The van der Waals surface area contributed by atoms with Gasteiger partial charge in [-0.15, -0.1) is 0 Å². The van der Waals surface area contributed by atoms with Crippen LogP contribution >= 0.6 is 0 Å². The fourth-order valence-corrected chi connectivity index (χ4v) is 2.57. The Morgan fingerprint density at radius 1 is 1.43 bits per heavy atom. The zero-order valence-corrected chi connectivity index (χ0v) is 12.8. The van der Waals surface area contributed by atoms with Crippen molar-refractivity contribution >= 4 is 11.8 Å². The second-order valence-corrected chi connectivity index (χ2v) is 6.33. The number of esters is 1. The zero-order valence-electron chi connectivity index (χ0n) is 12.8. The number of carbonyl (C=O) groups is 1. The third-order valence-corrected chi connectivity index (χ3v) is 3.36. The first-order valence-electron chi connectivity index (χ1n) is 7.31. The Morgan fingerprint density at radius 2 is 2.19 bits per heavy atom. The molecule has 1 aromatic heterocycles. The molecule has 1 saturated heterocycles. The summed E-state index contributed by atoms with van der Waals surface area (Å²) in [6.07, 6.45) is 4.45. The normalized spacial score (nSPS) is 19.4. The molecule has 0 saturated carbocycles. The van der Waals surface area contributed by atoms with Gasteiger partial charge in [-0.2, -0.15) is 4.39 Å². The minimum absolute atomic E-state index is 0.00269. The number of hydrogen-bond donors (Lipinski definition) is 0. The van der Waals surface area contributed by atoms with Crippen molar-refractivity contribution in [3.05, 3.63) is 18.3 Å². The molecule has 0 aliphatic carbocycles. The molecule has 5 nitrogen and oxygen atoms in total. The van der Waals surface area contributed by atoms with Crippen LogP contribution in [0.25, 0.3) is 0 Å². The lowest BCUT2D eigenvalue weighted by Gasteiger charge is -2.36. The lowest BCUT2D eigenvalue weighted by atomic mass is 9.99. The number of aromatic nitrogens is 2. The fourth-order valence-electron chi connectivity index (χ4n) is 2.57. The highest BCUT2D eigenvalue weighted by atomic mass is 19.1. The molecule has 0 unspecified atom stereocenters. The molecule has 21 heavy (non-hydrogen) atoms. The number of halogens is 1. The van der Waals surface area contributed by atoms with Crippen molar-refractivity contribution < 1.29 is 13.9 Å². The highest BCUT2D eigenvalue weighted by molar-refractivity contribution is 5.71. The molecule has 1 aromatic rings. The monoisotopic (exact) mass is 295 g/mol. The largest absolute Gasteiger partial charge is 0.460 e. The van der Waals surface area contributed by atoms with Crippen LogP contribution in [0.4, 0.5) is 10.2 Å². The second-order valence-electron chi connectivity index (χ2n) is 6.33. The molecule has 116 valence electrons. The Labute approximate surface area is 124 Å². The molecular weight excluding hydrogens is 273 g/mol. The average molecular weight is 295 g/mol. The van der Waals surface area contributed by atoms with Gasteiger partial charge >= 0.3 is 5.97 Å². The summed E-state index contributed by atoms with van der Waals surface area (Å²) >= 11 is 0. The van der Waals surface area contributed by atoms with E-state index in [1.54, 1.807) is 0 Å². The average Bonchev–Trinajstić information content (AvgIpc) is 2.37. The first kappa shape index (κ1) is 15.7. The molecule has 0 radical (unpaired) electrons. The van der Waals surface area contributed by atoms with Gasteiger partial charge in [0.1, 0.15) is 17.7 Å². The van der Waals surface area contributed by atoms with E-state index in [4.69, 9.17) is 4.74 Å². The Hall–Kier alpha value is -1.72. The van der Waals surface area contributed by atoms with E-state index in [1.165, 1.54) is 12.4 Å². The summed E-state index contributed by atoms with van der Waals surface area (Å²) in [6, 6.07) is 1.32. The molecule has 0 bridgehead atoms. The summed E-state index contributed by atoms with van der Waals surface area (Å²) in [7, 11) is 0. The minimum Gasteiger partial charge on any atom is -0.460 e.